The molecule has 2 heterocycles. The third-order valence-electron chi connectivity index (χ3n) is 6.32. The Balaban J connectivity index is 1.80. The van der Waals surface area contributed by atoms with Gasteiger partial charge in [-0.05, 0) is 44.4 Å². The summed E-state index contributed by atoms with van der Waals surface area (Å²) in [6, 6.07) is 6.15. The predicted octanol–water partition coefficient (Wildman–Crippen LogP) is 2.37. The Morgan fingerprint density at radius 1 is 1.40 bits per heavy atom. The number of methoxy groups -OCH3 is 1. The zero-order chi connectivity index (χ0) is 21.4. The largest absolute Gasteiger partial charge is 0.492 e. The van der Waals surface area contributed by atoms with E-state index in [1.54, 1.807) is 13.2 Å². The van der Waals surface area contributed by atoms with Gasteiger partial charge < -0.3 is 24.6 Å². The number of carboxylic acid groups (broad SMARTS) is 1. The van der Waals surface area contributed by atoms with Gasteiger partial charge in [0.2, 0.25) is 5.43 Å². The summed E-state index contributed by atoms with van der Waals surface area (Å²) in [4.78, 5) is 26.6. The minimum absolute atomic E-state index is 0.134. The highest BCUT2D eigenvalue weighted by atomic mass is 16.5. The van der Waals surface area contributed by atoms with Gasteiger partial charge in [0.1, 0.15) is 5.56 Å². The van der Waals surface area contributed by atoms with Gasteiger partial charge in [0.05, 0.1) is 36.2 Å². The van der Waals surface area contributed by atoms with Crippen molar-refractivity contribution in [3.05, 3.63) is 34.1 Å². The van der Waals surface area contributed by atoms with Gasteiger partial charge in [-0.2, -0.15) is 5.26 Å². The summed E-state index contributed by atoms with van der Waals surface area (Å²) in [5.41, 5.74) is 0.871. The highest BCUT2D eigenvalue weighted by molar-refractivity contribution is 5.97. The number of carboxylic acids is 1. The molecule has 30 heavy (non-hydrogen) atoms. The van der Waals surface area contributed by atoms with Crippen LogP contribution >= 0.6 is 0 Å². The van der Waals surface area contributed by atoms with Crippen LogP contribution in [0.15, 0.2) is 23.1 Å². The summed E-state index contributed by atoms with van der Waals surface area (Å²) >= 11 is 0. The van der Waals surface area contributed by atoms with Crippen LogP contribution in [0.3, 0.4) is 0 Å². The minimum Gasteiger partial charge on any atom is -0.492 e. The molecule has 0 bridgehead atoms. The number of aromatic carboxylic acids is 1. The van der Waals surface area contributed by atoms with E-state index < -0.39 is 11.4 Å². The second-order valence-corrected chi connectivity index (χ2v) is 8.08. The van der Waals surface area contributed by atoms with E-state index >= 15 is 0 Å². The molecular formula is C22H26N4O4. The van der Waals surface area contributed by atoms with Crippen LogP contribution < -0.4 is 20.4 Å². The minimum atomic E-state index is -1.21. The van der Waals surface area contributed by atoms with Gasteiger partial charge >= 0.3 is 5.97 Å². The van der Waals surface area contributed by atoms with Crippen LogP contribution in [0.25, 0.3) is 10.9 Å². The van der Waals surface area contributed by atoms with Crippen molar-refractivity contribution in [1.29, 1.82) is 5.26 Å². The van der Waals surface area contributed by atoms with E-state index in [2.05, 4.69) is 16.3 Å². The van der Waals surface area contributed by atoms with E-state index in [1.165, 1.54) is 6.20 Å². The van der Waals surface area contributed by atoms with E-state index in [-0.39, 0.29) is 17.6 Å². The van der Waals surface area contributed by atoms with Crippen LogP contribution in [0.5, 0.6) is 5.75 Å². The number of hydrogen-bond acceptors (Lipinski definition) is 6. The maximum absolute atomic E-state index is 12.8. The number of pyridine rings is 1. The highest BCUT2D eigenvalue weighted by Gasteiger charge is 2.33. The molecule has 2 N–H and O–H groups in total. The molecule has 2 unspecified atom stereocenters. The van der Waals surface area contributed by atoms with Crippen molar-refractivity contribution in [1.82, 2.24) is 9.88 Å². The maximum atomic E-state index is 12.8. The Kier molecular flexibility index (Phi) is 5.39. The first kappa shape index (κ1) is 20.2. The normalized spacial score (nSPS) is 19.6. The SMILES string of the molecule is CNC(CC#N)C1CCN(c2ccc3c(=O)c(C(=O)O)cn(C4CC4)c3c2OC)C1. The standard InChI is InChI=1S/C22H26N4O4/c1-24-17(7-9-23)13-8-10-25(11-13)18-6-5-15-19(21(18)30-2)26(14-3-4-14)12-16(20(15)27)22(28)29/h5-6,12-14,17,24H,3-4,7-8,10-11H2,1-2H3,(H,28,29). The molecule has 8 heteroatoms. The molecule has 0 amide bonds. The van der Waals surface area contributed by atoms with E-state index in [9.17, 15) is 14.7 Å². The van der Waals surface area contributed by atoms with Crippen LogP contribution in [-0.4, -0.2) is 48.9 Å². The quantitative estimate of drug-likeness (QED) is 0.721. The highest BCUT2D eigenvalue weighted by Crippen LogP contribution is 2.43. The lowest BCUT2D eigenvalue weighted by Crippen LogP contribution is -2.35. The Morgan fingerprint density at radius 3 is 2.77 bits per heavy atom. The molecule has 4 rings (SSSR count). The van der Waals surface area contributed by atoms with Gasteiger partial charge in [0.15, 0.2) is 5.75 Å². The molecule has 1 aliphatic carbocycles. The van der Waals surface area contributed by atoms with Crippen molar-refractivity contribution in [3.63, 3.8) is 0 Å². The van der Waals surface area contributed by atoms with Crippen LogP contribution in [0.1, 0.15) is 42.1 Å². The van der Waals surface area contributed by atoms with Crippen molar-refractivity contribution in [2.45, 2.75) is 37.8 Å². The number of ether oxygens (including phenoxy) is 1. The van der Waals surface area contributed by atoms with Gasteiger partial charge in [-0.25, -0.2) is 4.79 Å². The average Bonchev–Trinajstić information content (AvgIpc) is 3.47. The lowest BCUT2D eigenvalue weighted by molar-refractivity contribution is 0.0695. The number of benzene rings is 1. The number of fused-ring (bicyclic) bond motifs is 1. The number of aromatic nitrogens is 1. The van der Waals surface area contributed by atoms with Crippen molar-refractivity contribution < 1.29 is 14.6 Å². The first-order valence-corrected chi connectivity index (χ1v) is 10.3. The average molecular weight is 410 g/mol. The zero-order valence-corrected chi connectivity index (χ0v) is 17.2. The monoisotopic (exact) mass is 410 g/mol. The predicted molar refractivity (Wildman–Crippen MR) is 113 cm³/mol. The van der Waals surface area contributed by atoms with E-state index in [4.69, 9.17) is 10.00 Å². The van der Waals surface area contributed by atoms with Crippen LogP contribution in [0, 0.1) is 17.2 Å². The lowest BCUT2D eigenvalue weighted by atomic mass is 9.97. The molecule has 2 atom stereocenters. The van der Waals surface area contributed by atoms with Crippen LogP contribution in [0.2, 0.25) is 0 Å². The Bertz CT molecular complexity index is 1080. The fourth-order valence-electron chi connectivity index (χ4n) is 4.59. The second kappa shape index (κ2) is 8.00. The Hall–Kier alpha value is -3.05. The smallest absolute Gasteiger partial charge is 0.341 e. The van der Waals surface area contributed by atoms with Gasteiger partial charge in [-0.15, -0.1) is 0 Å². The molecule has 1 aliphatic heterocycles. The summed E-state index contributed by atoms with van der Waals surface area (Å²) < 4.78 is 7.70. The molecular weight excluding hydrogens is 384 g/mol. The molecule has 1 saturated carbocycles. The van der Waals surface area contributed by atoms with Crippen molar-refractivity contribution in [2.75, 3.05) is 32.1 Å². The lowest BCUT2D eigenvalue weighted by Gasteiger charge is -2.25. The van der Waals surface area contributed by atoms with Gasteiger partial charge in [0, 0.05) is 31.4 Å². The first-order valence-electron chi connectivity index (χ1n) is 10.3. The van der Waals surface area contributed by atoms with Gasteiger partial charge in [-0.1, -0.05) is 0 Å². The van der Waals surface area contributed by atoms with E-state index in [0.29, 0.717) is 29.0 Å². The number of hydrogen-bond donors (Lipinski definition) is 2. The van der Waals surface area contributed by atoms with Crippen LogP contribution in [0.4, 0.5) is 5.69 Å². The number of nitrogens with zero attached hydrogens (tertiary/aromatic N) is 3. The molecule has 8 nitrogen and oxygen atoms in total. The molecule has 1 aromatic heterocycles. The summed E-state index contributed by atoms with van der Waals surface area (Å²) in [6.45, 7) is 1.62. The summed E-state index contributed by atoms with van der Waals surface area (Å²) in [6.07, 6.45) is 4.79. The van der Waals surface area contributed by atoms with Crippen molar-refractivity contribution in [2.24, 2.45) is 5.92 Å². The zero-order valence-electron chi connectivity index (χ0n) is 17.2. The fourth-order valence-corrected chi connectivity index (χ4v) is 4.59. The third kappa shape index (κ3) is 3.39. The topological polar surface area (TPSA) is 108 Å². The van der Waals surface area contributed by atoms with E-state index in [0.717, 1.165) is 38.0 Å². The number of nitrogens with one attached hydrogen (secondary N) is 1. The third-order valence-corrected chi connectivity index (χ3v) is 6.32. The summed E-state index contributed by atoms with van der Waals surface area (Å²) in [7, 11) is 3.47. The number of nitriles is 1. The number of carbonyl (C=O) groups is 1. The van der Waals surface area contributed by atoms with Gasteiger partial charge in [0.25, 0.3) is 0 Å². The van der Waals surface area contributed by atoms with Crippen LogP contribution in [-0.2, 0) is 0 Å². The first-order chi connectivity index (χ1) is 14.5. The Labute approximate surface area is 174 Å². The number of anilines is 1. The number of rotatable bonds is 7. The van der Waals surface area contributed by atoms with Crippen molar-refractivity contribution >= 4 is 22.6 Å². The maximum Gasteiger partial charge on any atom is 0.341 e. The van der Waals surface area contributed by atoms with Crippen molar-refractivity contribution in [3.8, 4) is 11.8 Å². The fraction of sp³-hybridized carbons (Fsp3) is 0.500. The molecule has 0 radical (unpaired) electrons. The Morgan fingerprint density at radius 2 is 2.17 bits per heavy atom. The molecule has 2 aliphatic rings. The van der Waals surface area contributed by atoms with Gasteiger partial charge in [-0.3, -0.25) is 4.79 Å². The molecule has 1 aromatic carbocycles. The molecule has 1 saturated heterocycles. The molecule has 0 spiro atoms. The summed E-state index contributed by atoms with van der Waals surface area (Å²) in [5, 5.41) is 22.2. The van der Waals surface area contributed by atoms with E-state index in [1.807, 2.05) is 17.7 Å². The molecule has 158 valence electrons. The second-order valence-electron chi connectivity index (χ2n) is 8.08. The molecule has 2 aromatic rings. The summed E-state index contributed by atoms with van der Waals surface area (Å²) in [5.74, 6) is -0.261. The molecule has 2 fully saturated rings.